The molecule has 4 rings (SSSR count). The first kappa shape index (κ1) is 19.4. The van der Waals surface area contributed by atoms with Crippen LogP contribution in [0.3, 0.4) is 0 Å². The SMILES string of the molecule is O=C([C@@H]1C[C@H](F)CN1C(=O)NCc1cccc(F)c1)N1CCc2ccccc2C1. The molecule has 2 aliphatic rings. The third-order valence-electron chi connectivity index (χ3n) is 5.57. The molecule has 0 radical (unpaired) electrons. The van der Waals surface area contributed by atoms with E-state index in [-0.39, 0.29) is 31.2 Å². The number of likely N-dealkylation sites (tertiary alicyclic amines) is 1. The van der Waals surface area contributed by atoms with Crippen LogP contribution in [0.2, 0.25) is 0 Å². The van der Waals surface area contributed by atoms with Gasteiger partial charge in [-0.25, -0.2) is 13.6 Å². The van der Waals surface area contributed by atoms with E-state index in [1.54, 1.807) is 17.0 Å². The Labute approximate surface area is 168 Å². The van der Waals surface area contributed by atoms with Gasteiger partial charge in [0, 0.05) is 26.1 Å². The quantitative estimate of drug-likeness (QED) is 0.863. The molecule has 1 fully saturated rings. The Morgan fingerprint density at radius 2 is 1.90 bits per heavy atom. The molecular formula is C22H23F2N3O2. The van der Waals surface area contributed by atoms with Gasteiger partial charge in [0.2, 0.25) is 5.91 Å². The van der Waals surface area contributed by atoms with Crippen LogP contribution in [0.15, 0.2) is 48.5 Å². The number of alkyl halides is 1. The van der Waals surface area contributed by atoms with Gasteiger partial charge in [-0.15, -0.1) is 0 Å². The number of urea groups is 1. The Hall–Kier alpha value is -2.96. The molecular weight excluding hydrogens is 376 g/mol. The van der Waals surface area contributed by atoms with Crippen LogP contribution in [0.25, 0.3) is 0 Å². The molecule has 0 aromatic heterocycles. The van der Waals surface area contributed by atoms with E-state index in [4.69, 9.17) is 0 Å². The van der Waals surface area contributed by atoms with Crippen LogP contribution in [-0.4, -0.2) is 47.0 Å². The number of rotatable bonds is 3. The standard InChI is InChI=1S/C22H23F2N3O2/c23-18-7-3-4-15(10-18)12-25-22(29)27-14-19(24)11-20(27)21(28)26-9-8-16-5-1-2-6-17(16)13-26/h1-7,10,19-20H,8-9,11-14H2,(H,25,29)/t19-,20-/m0/s1. The summed E-state index contributed by atoms with van der Waals surface area (Å²) in [5.41, 5.74) is 2.91. The van der Waals surface area contributed by atoms with Gasteiger partial charge in [-0.2, -0.15) is 0 Å². The number of hydrogen-bond donors (Lipinski definition) is 1. The molecule has 0 aliphatic carbocycles. The van der Waals surface area contributed by atoms with E-state index in [0.717, 1.165) is 12.0 Å². The van der Waals surface area contributed by atoms with Gasteiger partial charge in [0.05, 0.1) is 6.54 Å². The number of halogens is 2. The minimum atomic E-state index is -1.24. The maximum atomic E-state index is 14.1. The van der Waals surface area contributed by atoms with Crippen molar-refractivity contribution in [3.8, 4) is 0 Å². The molecule has 0 saturated carbocycles. The van der Waals surface area contributed by atoms with E-state index in [9.17, 15) is 18.4 Å². The normalized spacial score (nSPS) is 21.0. The average molecular weight is 399 g/mol. The largest absolute Gasteiger partial charge is 0.336 e. The Morgan fingerprint density at radius 1 is 1.10 bits per heavy atom. The first-order chi connectivity index (χ1) is 14.0. The van der Waals surface area contributed by atoms with Crippen molar-refractivity contribution in [2.75, 3.05) is 13.1 Å². The zero-order valence-corrected chi connectivity index (χ0v) is 16.0. The predicted molar refractivity (Wildman–Crippen MR) is 104 cm³/mol. The van der Waals surface area contributed by atoms with Gasteiger partial charge in [-0.05, 0) is 35.2 Å². The van der Waals surface area contributed by atoms with Crippen molar-refractivity contribution < 1.29 is 18.4 Å². The Balaban J connectivity index is 1.42. The molecule has 2 heterocycles. The first-order valence-electron chi connectivity index (χ1n) is 9.80. The first-order valence-corrected chi connectivity index (χ1v) is 9.80. The lowest BCUT2D eigenvalue weighted by molar-refractivity contribution is -0.136. The van der Waals surface area contributed by atoms with Crippen LogP contribution in [-0.2, 0) is 24.3 Å². The van der Waals surface area contributed by atoms with Gasteiger partial charge in [0.1, 0.15) is 18.0 Å². The molecule has 29 heavy (non-hydrogen) atoms. The number of carbonyl (C=O) groups excluding carboxylic acids is 2. The number of nitrogens with zero attached hydrogens (tertiary/aromatic N) is 2. The van der Waals surface area contributed by atoms with Gasteiger partial charge < -0.3 is 15.1 Å². The van der Waals surface area contributed by atoms with Crippen molar-refractivity contribution in [3.05, 3.63) is 71.0 Å². The van der Waals surface area contributed by atoms with Crippen molar-refractivity contribution in [3.63, 3.8) is 0 Å². The highest BCUT2D eigenvalue weighted by Crippen LogP contribution is 2.26. The average Bonchev–Trinajstić information content (AvgIpc) is 3.13. The van der Waals surface area contributed by atoms with E-state index in [2.05, 4.69) is 11.4 Å². The van der Waals surface area contributed by atoms with Crippen LogP contribution in [0.4, 0.5) is 13.6 Å². The van der Waals surface area contributed by atoms with Gasteiger partial charge in [-0.1, -0.05) is 36.4 Å². The number of amides is 3. The summed E-state index contributed by atoms with van der Waals surface area (Å²) in [7, 11) is 0. The molecule has 0 bridgehead atoms. The molecule has 2 aromatic carbocycles. The molecule has 152 valence electrons. The second kappa shape index (κ2) is 8.19. The second-order valence-corrected chi connectivity index (χ2v) is 7.57. The number of carbonyl (C=O) groups is 2. The summed E-state index contributed by atoms with van der Waals surface area (Å²) < 4.78 is 27.4. The van der Waals surface area contributed by atoms with Crippen LogP contribution >= 0.6 is 0 Å². The topological polar surface area (TPSA) is 52.7 Å². The minimum absolute atomic E-state index is 0.00433. The van der Waals surface area contributed by atoms with Crippen molar-refractivity contribution in [2.45, 2.75) is 38.1 Å². The summed E-state index contributed by atoms with van der Waals surface area (Å²) in [6, 6.07) is 12.5. The van der Waals surface area contributed by atoms with Crippen LogP contribution in [0, 0.1) is 5.82 Å². The number of fused-ring (bicyclic) bond motifs is 1. The van der Waals surface area contributed by atoms with E-state index in [1.807, 2.05) is 18.2 Å². The third-order valence-corrected chi connectivity index (χ3v) is 5.57. The lowest BCUT2D eigenvalue weighted by Gasteiger charge is -2.33. The van der Waals surface area contributed by atoms with Crippen molar-refractivity contribution in [1.82, 2.24) is 15.1 Å². The summed E-state index contributed by atoms with van der Waals surface area (Å²) in [6.45, 7) is 1.03. The Morgan fingerprint density at radius 3 is 2.69 bits per heavy atom. The van der Waals surface area contributed by atoms with Crippen LogP contribution < -0.4 is 5.32 Å². The Bertz CT molecular complexity index is 920. The van der Waals surface area contributed by atoms with Crippen molar-refractivity contribution in [1.29, 1.82) is 0 Å². The van der Waals surface area contributed by atoms with Crippen LogP contribution in [0.1, 0.15) is 23.1 Å². The molecule has 2 aliphatic heterocycles. The van der Waals surface area contributed by atoms with Gasteiger partial charge in [0.15, 0.2) is 0 Å². The second-order valence-electron chi connectivity index (χ2n) is 7.57. The zero-order valence-electron chi connectivity index (χ0n) is 16.0. The summed E-state index contributed by atoms with van der Waals surface area (Å²) in [4.78, 5) is 28.7. The molecule has 3 amide bonds. The van der Waals surface area contributed by atoms with E-state index >= 15 is 0 Å². The maximum absolute atomic E-state index is 14.1. The molecule has 0 spiro atoms. The van der Waals surface area contributed by atoms with Crippen molar-refractivity contribution in [2.24, 2.45) is 0 Å². The molecule has 7 heteroatoms. The fourth-order valence-electron chi connectivity index (χ4n) is 4.06. The minimum Gasteiger partial charge on any atom is -0.336 e. The van der Waals surface area contributed by atoms with Gasteiger partial charge >= 0.3 is 6.03 Å². The lowest BCUT2D eigenvalue weighted by atomic mass is 9.99. The summed E-state index contributed by atoms with van der Waals surface area (Å²) in [5, 5.41) is 2.68. The fraction of sp³-hybridized carbons (Fsp3) is 0.364. The Kier molecular flexibility index (Phi) is 5.47. The smallest absolute Gasteiger partial charge is 0.318 e. The zero-order chi connectivity index (χ0) is 20.4. The molecule has 1 saturated heterocycles. The highest BCUT2D eigenvalue weighted by atomic mass is 19.1. The highest BCUT2D eigenvalue weighted by Gasteiger charge is 2.42. The van der Waals surface area contributed by atoms with Gasteiger partial charge in [0.25, 0.3) is 0 Å². The maximum Gasteiger partial charge on any atom is 0.318 e. The number of nitrogens with one attached hydrogen (secondary N) is 1. The number of hydrogen-bond acceptors (Lipinski definition) is 2. The van der Waals surface area contributed by atoms with E-state index < -0.39 is 18.2 Å². The lowest BCUT2D eigenvalue weighted by Crippen LogP contribution is -2.51. The van der Waals surface area contributed by atoms with E-state index in [1.165, 1.54) is 22.6 Å². The predicted octanol–water partition coefficient (Wildman–Crippen LogP) is 3.03. The summed E-state index contributed by atoms with van der Waals surface area (Å²) in [6.07, 6.45) is -0.481. The van der Waals surface area contributed by atoms with Crippen LogP contribution in [0.5, 0.6) is 0 Å². The monoisotopic (exact) mass is 399 g/mol. The fourth-order valence-corrected chi connectivity index (χ4v) is 4.06. The summed E-state index contributed by atoms with van der Waals surface area (Å²) >= 11 is 0. The summed E-state index contributed by atoms with van der Waals surface area (Å²) in [5.74, 6) is -0.610. The molecule has 1 N–H and O–H groups in total. The highest BCUT2D eigenvalue weighted by molar-refractivity contribution is 5.88. The number of benzene rings is 2. The molecule has 2 aromatic rings. The molecule has 5 nitrogen and oxygen atoms in total. The van der Waals surface area contributed by atoms with Crippen molar-refractivity contribution >= 4 is 11.9 Å². The van der Waals surface area contributed by atoms with E-state index in [0.29, 0.717) is 18.7 Å². The van der Waals surface area contributed by atoms with Gasteiger partial charge in [-0.3, -0.25) is 4.79 Å². The third kappa shape index (κ3) is 4.23. The molecule has 2 atom stereocenters. The molecule has 0 unspecified atom stereocenters.